The first-order valence-electron chi connectivity index (χ1n) is 9.02. The number of imidazole rings is 1. The van der Waals surface area contributed by atoms with Crippen LogP contribution in [0.2, 0.25) is 0 Å². The van der Waals surface area contributed by atoms with Gasteiger partial charge in [0.05, 0.1) is 17.1 Å². The fourth-order valence-corrected chi connectivity index (χ4v) is 3.84. The molecule has 2 fully saturated rings. The number of hydrogen-bond acceptors (Lipinski definition) is 3. The largest absolute Gasteiger partial charge is 0.340 e. The average molecular weight is 335 g/mol. The molecule has 1 saturated heterocycles. The highest BCUT2D eigenvalue weighted by Gasteiger charge is 2.34. The standard InChI is InChI=1S/C19H21N5O/c1-11-4-2-5-13-17(11)21-18(20-13)16-6-3-9-24(16)19(25)15-10-14(22-23-15)12-7-8-12/h2,4-5,10,12,16H,3,6-9H2,1H3,(H,20,21)(H,22,23). The predicted octanol–water partition coefficient (Wildman–Crippen LogP) is 3.45. The third-order valence-corrected chi connectivity index (χ3v) is 5.40. The summed E-state index contributed by atoms with van der Waals surface area (Å²) in [4.78, 5) is 23.1. The van der Waals surface area contributed by atoms with Crippen LogP contribution in [0.3, 0.4) is 0 Å². The average Bonchev–Trinajstić information content (AvgIpc) is 3.07. The Hall–Kier alpha value is -2.63. The topological polar surface area (TPSA) is 77.7 Å². The molecule has 5 rings (SSSR count). The highest BCUT2D eigenvalue weighted by atomic mass is 16.2. The van der Waals surface area contributed by atoms with Gasteiger partial charge >= 0.3 is 0 Å². The zero-order valence-corrected chi connectivity index (χ0v) is 14.2. The summed E-state index contributed by atoms with van der Waals surface area (Å²) in [5, 5.41) is 7.29. The molecule has 0 bridgehead atoms. The Kier molecular flexibility index (Phi) is 3.20. The van der Waals surface area contributed by atoms with Gasteiger partial charge in [-0.2, -0.15) is 5.10 Å². The summed E-state index contributed by atoms with van der Waals surface area (Å²) in [6.07, 6.45) is 4.32. The number of aromatic amines is 2. The number of aromatic nitrogens is 4. The number of rotatable bonds is 3. The highest BCUT2D eigenvalue weighted by molar-refractivity contribution is 5.93. The maximum absolute atomic E-state index is 13.0. The van der Waals surface area contributed by atoms with Crippen molar-refractivity contribution in [3.05, 3.63) is 47.0 Å². The first kappa shape index (κ1) is 14.7. The fraction of sp³-hybridized carbons (Fsp3) is 0.421. The van der Waals surface area contributed by atoms with Crippen LogP contribution in [0.25, 0.3) is 11.0 Å². The first-order valence-corrected chi connectivity index (χ1v) is 9.02. The van der Waals surface area contributed by atoms with Crippen molar-refractivity contribution in [2.24, 2.45) is 0 Å². The van der Waals surface area contributed by atoms with Gasteiger partial charge in [-0.3, -0.25) is 9.89 Å². The molecule has 1 saturated carbocycles. The number of aryl methyl sites for hydroxylation is 1. The molecule has 2 aliphatic rings. The number of nitrogens with one attached hydrogen (secondary N) is 2. The summed E-state index contributed by atoms with van der Waals surface area (Å²) < 4.78 is 0. The lowest BCUT2D eigenvalue weighted by molar-refractivity contribution is 0.0724. The second kappa shape index (κ2) is 5.44. The van der Waals surface area contributed by atoms with E-state index >= 15 is 0 Å². The summed E-state index contributed by atoms with van der Waals surface area (Å²) in [5.41, 5.74) is 4.80. The lowest BCUT2D eigenvalue weighted by atomic mass is 10.2. The van der Waals surface area contributed by atoms with Crippen LogP contribution in [0.5, 0.6) is 0 Å². The van der Waals surface area contributed by atoms with Crippen LogP contribution in [-0.4, -0.2) is 37.5 Å². The number of carbonyl (C=O) groups excluding carboxylic acids is 1. The zero-order valence-electron chi connectivity index (χ0n) is 14.2. The van der Waals surface area contributed by atoms with E-state index in [0.717, 1.165) is 47.5 Å². The molecule has 25 heavy (non-hydrogen) atoms. The third-order valence-electron chi connectivity index (χ3n) is 5.40. The van der Waals surface area contributed by atoms with Gasteiger partial charge in [-0.05, 0) is 50.3 Å². The van der Waals surface area contributed by atoms with Crippen molar-refractivity contribution < 1.29 is 4.79 Å². The van der Waals surface area contributed by atoms with Crippen LogP contribution >= 0.6 is 0 Å². The lowest BCUT2D eigenvalue weighted by Crippen LogP contribution is -2.31. The van der Waals surface area contributed by atoms with Gasteiger partial charge in [-0.1, -0.05) is 12.1 Å². The molecule has 3 heterocycles. The predicted molar refractivity (Wildman–Crippen MR) is 94.4 cm³/mol. The van der Waals surface area contributed by atoms with E-state index in [1.165, 1.54) is 12.8 Å². The lowest BCUT2D eigenvalue weighted by Gasteiger charge is -2.22. The van der Waals surface area contributed by atoms with Gasteiger partial charge in [0.2, 0.25) is 0 Å². The molecule has 1 aliphatic heterocycles. The van der Waals surface area contributed by atoms with Crippen LogP contribution in [0.1, 0.15) is 65.2 Å². The van der Waals surface area contributed by atoms with E-state index in [-0.39, 0.29) is 11.9 Å². The number of benzene rings is 1. The van der Waals surface area contributed by atoms with Crippen LogP contribution < -0.4 is 0 Å². The fourth-order valence-electron chi connectivity index (χ4n) is 3.84. The smallest absolute Gasteiger partial charge is 0.274 e. The van der Waals surface area contributed by atoms with Gasteiger partial charge in [0.15, 0.2) is 0 Å². The van der Waals surface area contributed by atoms with E-state index < -0.39 is 0 Å². The minimum atomic E-state index is 0.000347. The van der Waals surface area contributed by atoms with Gasteiger partial charge < -0.3 is 9.88 Å². The van der Waals surface area contributed by atoms with Crippen LogP contribution in [0.15, 0.2) is 24.3 Å². The van der Waals surface area contributed by atoms with Gasteiger partial charge in [0, 0.05) is 18.2 Å². The Balaban J connectivity index is 1.45. The zero-order chi connectivity index (χ0) is 17.0. The molecule has 0 radical (unpaired) electrons. The van der Waals surface area contributed by atoms with Gasteiger partial charge in [-0.15, -0.1) is 0 Å². The number of amides is 1. The normalized spacial score (nSPS) is 20.5. The Morgan fingerprint density at radius 2 is 2.16 bits per heavy atom. The Morgan fingerprint density at radius 1 is 1.28 bits per heavy atom. The van der Waals surface area contributed by atoms with Crippen molar-refractivity contribution in [1.29, 1.82) is 0 Å². The SMILES string of the molecule is Cc1cccc2[nH]c(C3CCCN3C(=O)c3cc(C4CC4)[nH]n3)nc12. The summed E-state index contributed by atoms with van der Waals surface area (Å²) in [7, 11) is 0. The summed E-state index contributed by atoms with van der Waals surface area (Å²) in [5.74, 6) is 1.46. The van der Waals surface area contributed by atoms with Gasteiger partial charge in [-0.25, -0.2) is 4.98 Å². The molecular formula is C19H21N5O. The highest BCUT2D eigenvalue weighted by Crippen LogP contribution is 2.39. The summed E-state index contributed by atoms with van der Waals surface area (Å²) in [6, 6.07) is 8.06. The van der Waals surface area contributed by atoms with Crippen molar-refractivity contribution in [2.45, 2.75) is 44.6 Å². The Labute approximate surface area is 145 Å². The van der Waals surface area contributed by atoms with E-state index in [0.29, 0.717) is 11.6 Å². The molecule has 1 unspecified atom stereocenters. The van der Waals surface area contributed by atoms with Crippen molar-refractivity contribution in [2.75, 3.05) is 6.54 Å². The number of para-hydroxylation sites is 1. The number of likely N-dealkylation sites (tertiary alicyclic amines) is 1. The van der Waals surface area contributed by atoms with Gasteiger partial charge in [0.25, 0.3) is 5.91 Å². The second-order valence-corrected chi connectivity index (χ2v) is 7.23. The minimum Gasteiger partial charge on any atom is -0.340 e. The third kappa shape index (κ3) is 2.44. The van der Waals surface area contributed by atoms with Crippen LogP contribution in [-0.2, 0) is 0 Å². The Morgan fingerprint density at radius 3 is 2.96 bits per heavy atom. The molecule has 6 heteroatoms. The van der Waals surface area contributed by atoms with E-state index in [9.17, 15) is 4.79 Å². The molecule has 0 spiro atoms. The van der Waals surface area contributed by atoms with Crippen molar-refractivity contribution in [3.63, 3.8) is 0 Å². The van der Waals surface area contributed by atoms with Crippen molar-refractivity contribution in [3.8, 4) is 0 Å². The number of fused-ring (bicyclic) bond motifs is 1. The molecule has 2 N–H and O–H groups in total. The summed E-state index contributed by atoms with van der Waals surface area (Å²) in [6.45, 7) is 2.82. The first-order chi connectivity index (χ1) is 12.2. The van der Waals surface area contributed by atoms with Crippen LogP contribution in [0.4, 0.5) is 0 Å². The van der Waals surface area contributed by atoms with E-state index in [2.05, 4.69) is 28.2 Å². The molecule has 6 nitrogen and oxygen atoms in total. The monoisotopic (exact) mass is 335 g/mol. The molecule has 1 amide bonds. The molecule has 1 aromatic carbocycles. The molecule has 128 valence electrons. The van der Waals surface area contributed by atoms with Crippen molar-refractivity contribution in [1.82, 2.24) is 25.1 Å². The van der Waals surface area contributed by atoms with E-state index in [1.54, 1.807) is 0 Å². The summed E-state index contributed by atoms with van der Waals surface area (Å²) >= 11 is 0. The van der Waals surface area contributed by atoms with Gasteiger partial charge in [0.1, 0.15) is 11.5 Å². The molecule has 2 aromatic heterocycles. The molecule has 1 aliphatic carbocycles. The van der Waals surface area contributed by atoms with E-state index in [4.69, 9.17) is 4.98 Å². The molecular weight excluding hydrogens is 314 g/mol. The second-order valence-electron chi connectivity index (χ2n) is 7.23. The number of H-pyrrole nitrogens is 2. The molecule has 3 aromatic rings. The number of hydrogen-bond donors (Lipinski definition) is 2. The molecule has 1 atom stereocenters. The minimum absolute atomic E-state index is 0.000347. The maximum atomic E-state index is 13.0. The quantitative estimate of drug-likeness (QED) is 0.769. The van der Waals surface area contributed by atoms with Crippen LogP contribution in [0, 0.1) is 6.92 Å². The van der Waals surface area contributed by atoms with E-state index in [1.807, 2.05) is 23.1 Å². The maximum Gasteiger partial charge on any atom is 0.274 e. The van der Waals surface area contributed by atoms with Crippen molar-refractivity contribution >= 4 is 16.9 Å². The Bertz CT molecular complexity index is 952. The number of carbonyl (C=O) groups is 1. The number of nitrogens with zero attached hydrogens (tertiary/aromatic N) is 3.